The second-order valence-electron chi connectivity index (χ2n) is 7.00. The number of nitrogens with zero attached hydrogens (tertiary/aromatic N) is 3. The predicted octanol–water partition coefficient (Wildman–Crippen LogP) is 1.86. The van der Waals surface area contributed by atoms with Crippen molar-refractivity contribution in [2.75, 3.05) is 39.3 Å². The van der Waals surface area contributed by atoms with Crippen LogP contribution in [0, 0.1) is 0 Å². The number of hydrogen-bond acceptors (Lipinski definition) is 4. The molecule has 6 nitrogen and oxygen atoms in total. The highest BCUT2D eigenvalue weighted by Gasteiger charge is 2.41. The van der Waals surface area contributed by atoms with Crippen molar-refractivity contribution in [1.29, 1.82) is 0 Å². The van der Waals surface area contributed by atoms with E-state index in [0.717, 1.165) is 0 Å². The third-order valence-corrected chi connectivity index (χ3v) is 3.75. The largest absolute Gasteiger partial charge is 0.459 e. The van der Waals surface area contributed by atoms with E-state index in [1.807, 2.05) is 11.8 Å². The Balaban J connectivity index is 2.63. The number of carbonyl (C=O) groups is 1. The Hall–Kier alpha value is -1.51. The fourth-order valence-corrected chi connectivity index (χ4v) is 2.47. The van der Waals surface area contributed by atoms with Crippen molar-refractivity contribution in [3.63, 3.8) is 0 Å². The van der Waals surface area contributed by atoms with Crippen LogP contribution in [-0.2, 0) is 9.53 Å². The molecule has 0 aromatic carbocycles. The maximum absolute atomic E-state index is 12.8. The monoisotopic (exact) mass is 366 g/mol. The lowest BCUT2D eigenvalue weighted by molar-refractivity contribution is -0.181. The van der Waals surface area contributed by atoms with Gasteiger partial charge in [0, 0.05) is 32.7 Å². The first kappa shape index (κ1) is 21.5. The molecule has 1 unspecified atom stereocenters. The number of hydrogen-bond donors (Lipinski definition) is 1. The topological polar surface area (TPSA) is 57.2 Å². The standard InChI is InChI=1S/C16H29F3N4O2/c1-6-20-14(21-11-13(24)25-15(3,4)5)23-9-7-22(8-10-23)12(2)16(17,18)19/h12H,6-11H2,1-5H3,(H,20,21). The summed E-state index contributed by atoms with van der Waals surface area (Å²) in [6.45, 7) is 10.3. The van der Waals surface area contributed by atoms with E-state index in [4.69, 9.17) is 4.74 Å². The number of carbonyl (C=O) groups excluding carboxylic acids is 1. The van der Waals surface area contributed by atoms with Crippen LogP contribution in [0.5, 0.6) is 0 Å². The van der Waals surface area contributed by atoms with Crippen LogP contribution in [0.25, 0.3) is 0 Å². The van der Waals surface area contributed by atoms with E-state index >= 15 is 0 Å². The van der Waals surface area contributed by atoms with Crippen LogP contribution in [0.15, 0.2) is 4.99 Å². The molecule has 25 heavy (non-hydrogen) atoms. The Morgan fingerprint density at radius 1 is 1.20 bits per heavy atom. The molecule has 0 bridgehead atoms. The summed E-state index contributed by atoms with van der Waals surface area (Å²) in [5.41, 5.74) is -0.579. The van der Waals surface area contributed by atoms with Crippen LogP contribution in [0.2, 0.25) is 0 Å². The van der Waals surface area contributed by atoms with Gasteiger partial charge >= 0.3 is 12.1 Å². The smallest absolute Gasteiger partial charge is 0.403 e. The van der Waals surface area contributed by atoms with Crippen LogP contribution in [0.3, 0.4) is 0 Å². The minimum atomic E-state index is -4.22. The van der Waals surface area contributed by atoms with Crippen molar-refractivity contribution in [1.82, 2.24) is 15.1 Å². The molecule has 0 amide bonds. The fraction of sp³-hybridized carbons (Fsp3) is 0.875. The SMILES string of the molecule is CCNC(=NCC(=O)OC(C)(C)C)N1CCN(C(C)C(F)(F)F)CC1. The van der Waals surface area contributed by atoms with Gasteiger partial charge in [0.05, 0.1) is 0 Å². The minimum absolute atomic E-state index is 0.126. The predicted molar refractivity (Wildman–Crippen MR) is 90.5 cm³/mol. The number of nitrogens with one attached hydrogen (secondary N) is 1. The molecule has 1 rings (SSSR count). The van der Waals surface area contributed by atoms with Gasteiger partial charge in [-0.25, -0.2) is 4.99 Å². The molecule has 0 radical (unpaired) electrons. The summed E-state index contributed by atoms with van der Waals surface area (Å²) in [7, 11) is 0. The molecule has 1 N–H and O–H groups in total. The van der Waals surface area contributed by atoms with Gasteiger partial charge in [0.2, 0.25) is 0 Å². The molecule has 1 aliphatic rings. The van der Waals surface area contributed by atoms with Crippen molar-refractivity contribution < 1.29 is 22.7 Å². The summed E-state index contributed by atoms with van der Waals surface area (Å²) < 4.78 is 43.7. The van der Waals surface area contributed by atoms with Gasteiger partial charge in [0.15, 0.2) is 5.96 Å². The van der Waals surface area contributed by atoms with Gasteiger partial charge < -0.3 is 15.0 Å². The first-order valence-corrected chi connectivity index (χ1v) is 8.50. The molecule has 0 aromatic heterocycles. The summed E-state index contributed by atoms with van der Waals surface area (Å²) in [4.78, 5) is 19.3. The minimum Gasteiger partial charge on any atom is -0.459 e. The summed E-state index contributed by atoms with van der Waals surface area (Å²) in [5.74, 6) is 0.0832. The number of halogens is 3. The highest BCUT2D eigenvalue weighted by atomic mass is 19.4. The first-order valence-electron chi connectivity index (χ1n) is 8.50. The molecule has 9 heteroatoms. The summed E-state index contributed by atoms with van der Waals surface area (Å²) in [6.07, 6.45) is -4.22. The summed E-state index contributed by atoms with van der Waals surface area (Å²) in [6, 6.07) is -1.46. The fourth-order valence-electron chi connectivity index (χ4n) is 2.47. The maximum Gasteiger partial charge on any atom is 0.403 e. The average Bonchev–Trinajstić information content (AvgIpc) is 2.48. The zero-order valence-corrected chi connectivity index (χ0v) is 15.6. The van der Waals surface area contributed by atoms with Crippen molar-refractivity contribution in [3.8, 4) is 0 Å². The third kappa shape index (κ3) is 7.50. The van der Waals surface area contributed by atoms with E-state index in [9.17, 15) is 18.0 Å². The molecule has 1 saturated heterocycles. The van der Waals surface area contributed by atoms with Crippen molar-refractivity contribution in [3.05, 3.63) is 0 Å². The third-order valence-electron chi connectivity index (χ3n) is 3.75. The normalized spacial score (nSPS) is 18.9. The lowest BCUT2D eigenvalue weighted by Gasteiger charge is -2.39. The molecule has 0 aromatic rings. The quantitative estimate of drug-likeness (QED) is 0.468. The molecule has 1 heterocycles. The molecule has 0 aliphatic carbocycles. The lowest BCUT2D eigenvalue weighted by atomic mass is 10.2. The summed E-state index contributed by atoms with van der Waals surface area (Å²) >= 11 is 0. The second kappa shape index (κ2) is 8.73. The van der Waals surface area contributed by atoms with Crippen LogP contribution in [0.4, 0.5) is 13.2 Å². The van der Waals surface area contributed by atoms with Gasteiger partial charge in [0.25, 0.3) is 0 Å². The van der Waals surface area contributed by atoms with E-state index in [1.54, 1.807) is 20.8 Å². The van der Waals surface area contributed by atoms with E-state index < -0.39 is 23.8 Å². The van der Waals surface area contributed by atoms with Gasteiger partial charge in [-0.1, -0.05) is 0 Å². The van der Waals surface area contributed by atoms with Gasteiger partial charge in [-0.3, -0.25) is 9.69 Å². The Morgan fingerprint density at radius 2 is 1.76 bits per heavy atom. The van der Waals surface area contributed by atoms with E-state index in [1.165, 1.54) is 11.8 Å². The van der Waals surface area contributed by atoms with E-state index in [0.29, 0.717) is 25.6 Å². The van der Waals surface area contributed by atoms with E-state index in [2.05, 4.69) is 10.3 Å². The van der Waals surface area contributed by atoms with Gasteiger partial charge in [-0.05, 0) is 34.6 Å². The number of guanidine groups is 1. The Labute approximate surface area is 147 Å². The van der Waals surface area contributed by atoms with Gasteiger partial charge in [-0.15, -0.1) is 0 Å². The zero-order chi connectivity index (χ0) is 19.3. The average molecular weight is 366 g/mol. The van der Waals surface area contributed by atoms with Crippen LogP contribution in [-0.4, -0.2) is 78.8 Å². The molecule has 1 atom stereocenters. The Kier molecular flexibility index (Phi) is 7.52. The van der Waals surface area contributed by atoms with Crippen LogP contribution < -0.4 is 5.32 Å². The second-order valence-corrected chi connectivity index (χ2v) is 7.00. The molecular formula is C16H29F3N4O2. The van der Waals surface area contributed by atoms with Gasteiger partial charge in [-0.2, -0.15) is 13.2 Å². The van der Waals surface area contributed by atoms with Gasteiger partial charge in [0.1, 0.15) is 18.2 Å². The summed E-state index contributed by atoms with van der Waals surface area (Å²) in [5, 5.41) is 3.07. The molecule has 0 spiro atoms. The first-order chi connectivity index (χ1) is 11.4. The van der Waals surface area contributed by atoms with Crippen molar-refractivity contribution >= 4 is 11.9 Å². The maximum atomic E-state index is 12.8. The highest BCUT2D eigenvalue weighted by Crippen LogP contribution is 2.25. The molecule has 1 aliphatic heterocycles. The number of ether oxygens (including phenoxy) is 1. The highest BCUT2D eigenvalue weighted by molar-refractivity contribution is 5.83. The lowest BCUT2D eigenvalue weighted by Crippen LogP contribution is -2.56. The number of piperazine rings is 1. The molecular weight excluding hydrogens is 337 g/mol. The Bertz CT molecular complexity index is 467. The zero-order valence-electron chi connectivity index (χ0n) is 15.6. The van der Waals surface area contributed by atoms with Crippen molar-refractivity contribution in [2.45, 2.75) is 52.4 Å². The van der Waals surface area contributed by atoms with Crippen LogP contribution in [0.1, 0.15) is 34.6 Å². The number of rotatable bonds is 4. The number of alkyl halides is 3. The molecule has 0 saturated carbocycles. The molecule has 1 fully saturated rings. The van der Waals surface area contributed by atoms with E-state index in [-0.39, 0.29) is 19.6 Å². The number of aliphatic imine (C=N–C) groups is 1. The molecule has 146 valence electrons. The van der Waals surface area contributed by atoms with Crippen molar-refractivity contribution in [2.24, 2.45) is 4.99 Å². The Morgan fingerprint density at radius 3 is 2.20 bits per heavy atom. The number of esters is 1. The van der Waals surface area contributed by atoms with Crippen LogP contribution >= 0.6 is 0 Å².